The molecule has 1 aliphatic rings. The highest BCUT2D eigenvalue weighted by Crippen LogP contribution is 2.40. The maximum absolute atomic E-state index is 14.3. The normalized spacial score (nSPS) is 28.1. The molecule has 0 saturated carbocycles. The fourth-order valence-electron chi connectivity index (χ4n) is 7.63. The number of amides is 5. The molecule has 378 valence electrons. The molecular formula is C51H85N5O10Si. The Morgan fingerprint density at radius 2 is 1.34 bits per heavy atom. The topological polar surface area (TPSA) is 181 Å². The van der Waals surface area contributed by atoms with Crippen molar-refractivity contribution in [3.8, 4) is 0 Å². The predicted octanol–water partition coefficient (Wildman–Crippen LogP) is 6.69. The third-order valence-electron chi connectivity index (χ3n) is 14.4. The Bertz CT molecular complexity index is 1890. The van der Waals surface area contributed by atoms with E-state index in [1.807, 2.05) is 71.9 Å². The van der Waals surface area contributed by atoms with Gasteiger partial charge < -0.3 is 39.2 Å². The Hall–Kier alpha value is -4.57. The molecule has 67 heavy (non-hydrogen) atoms. The minimum absolute atomic E-state index is 0.0957. The maximum atomic E-state index is 14.3. The van der Waals surface area contributed by atoms with E-state index >= 15 is 0 Å². The van der Waals surface area contributed by atoms with Crippen LogP contribution in [0.2, 0.25) is 18.1 Å². The van der Waals surface area contributed by atoms with Gasteiger partial charge in [-0.3, -0.25) is 24.0 Å². The highest BCUT2D eigenvalue weighted by atomic mass is 28.4. The molecule has 0 unspecified atom stereocenters. The number of nitrogens with zero attached hydrogens (tertiary/aromatic N) is 3. The first kappa shape index (κ1) is 58.6. The summed E-state index contributed by atoms with van der Waals surface area (Å²) in [6.07, 6.45) is 1.37. The Morgan fingerprint density at radius 3 is 1.88 bits per heavy atom. The van der Waals surface area contributed by atoms with Crippen LogP contribution in [0.1, 0.15) is 121 Å². The zero-order chi connectivity index (χ0) is 51.3. The molecular weight excluding hydrogens is 871 g/mol. The average molecular weight is 956 g/mol. The van der Waals surface area contributed by atoms with Crippen LogP contribution in [0.4, 0.5) is 0 Å². The van der Waals surface area contributed by atoms with Gasteiger partial charge in [0.2, 0.25) is 23.6 Å². The monoisotopic (exact) mass is 956 g/mol. The van der Waals surface area contributed by atoms with Gasteiger partial charge in [0.25, 0.3) is 5.91 Å². The number of esters is 2. The fourth-order valence-corrected chi connectivity index (χ4v) is 9.05. The van der Waals surface area contributed by atoms with Gasteiger partial charge >= 0.3 is 11.9 Å². The highest BCUT2D eigenvalue weighted by molar-refractivity contribution is 6.74. The number of carbonyl (C=O) groups is 7. The number of carbonyl (C=O) groups excluding carboxylic acids is 7. The second kappa shape index (κ2) is 25.7. The zero-order valence-electron chi connectivity index (χ0n) is 44.0. The number of benzene rings is 1. The van der Waals surface area contributed by atoms with E-state index in [0.717, 1.165) is 5.56 Å². The van der Waals surface area contributed by atoms with Crippen LogP contribution >= 0.6 is 0 Å². The second-order valence-electron chi connectivity index (χ2n) is 20.5. The second-order valence-corrected chi connectivity index (χ2v) is 25.3. The third-order valence-corrected chi connectivity index (χ3v) is 18.9. The summed E-state index contributed by atoms with van der Waals surface area (Å²) in [5.41, 5.74) is 1.01. The number of nitrogens with one attached hydrogen (secondary N) is 2. The predicted molar refractivity (Wildman–Crippen MR) is 264 cm³/mol. The van der Waals surface area contributed by atoms with Crippen molar-refractivity contribution in [2.75, 3.05) is 27.7 Å². The average Bonchev–Trinajstić information content (AvgIpc) is 3.28. The number of likely N-dealkylation sites (N-methyl/N-ethyl adjacent to an activating group) is 3. The van der Waals surface area contributed by atoms with Crippen molar-refractivity contribution in [2.24, 2.45) is 23.7 Å². The SMILES string of the molecule is CC[C@H](C)[C@H]1OC(=O)[C@H](C)N(C)C(=O)[C@H]([C@@H](C)CC)NC(=O)CN(C)C(=O)[C@@H](Cc2ccccc2)N(C)C(=O)[C@H](C)NC(=O)[C@@H]([C@@H](C)CC)OC(=O)/C(C)=C/C[C@H](O[Si](C)(C)C(C)(C)C)[C@@H]1C. The molecule has 16 heteroatoms. The van der Waals surface area contributed by atoms with Crippen molar-refractivity contribution in [3.05, 3.63) is 47.5 Å². The molecule has 5 amide bonds. The van der Waals surface area contributed by atoms with Crippen molar-refractivity contribution in [2.45, 2.75) is 183 Å². The van der Waals surface area contributed by atoms with Crippen LogP contribution in [0.5, 0.6) is 0 Å². The minimum Gasteiger partial charge on any atom is -0.460 e. The summed E-state index contributed by atoms with van der Waals surface area (Å²) in [5, 5.41) is 5.40. The van der Waals surface area contributed by atoms with Crippen molar-refractivity contribution in [3.63, 3.8) is 0 Å². The van der Waals surface area contributed by atoms with Crippen LogP contribution in [-0.2, 0) is 53.9 Å². The number of rotatable bonds is 10. The van der Waals surface area contributed by atoms with Crippen LogP contribution in [0.3, 0.4) is 0 Å². The lowest BCUT2D eigenvalue weighted by Crippen LogP contribution is -2.58. The molecule has 0 spiro atoms. The van der Waals surface area contributed by atoms with E-state index in [9.17, 15) is 33.6 Å². The van der Waals surface area contributed by atoms with E-state index < -0.39 is 105 Å². The lowest BCUT2D eigenvalue weighted by atomic mass is 9.86. The summed E-state index contributed by atoms with van der Waals surface area (Å²) in [7, 11) is 1.96. The van der Waals surface area contributed by atoms with Crippen molar-refractivity contribution >= 4 is 49.8 Å². The van der Waals surface area contributed by atoms with E-state index in [1.165, 1.54) is 42.8 Å². The summed E-state index contributed by atoms with van der Waals surface area (Å²) >= 11 is 0. The summed E-state index contributed by atoms with van der Waals surface area (Å²) < 4.78 is 19.4. The van der Waals surface area contributed by atoms with E-state index in [-0.39, 0.29) is 41.2 Å². The Balaban J connectivity index is 2.81. The molecule has 2 N–H and O–H groups in total. The van der Waals surface area contributed by atoms with Crippen LogP contribution < -0.4 is 10.6 Å². The zero-order valence-corrected chi connectivity index (χ0v) is 45.0. The Labute approximate surface area is 403 Å². The van der Waals surface area contributed by atoms with Gasteiger partial charge in [-0.1, -0.05) is 118 Å². The van der Waals surface area contributed by atoms with E-state index in [1.54, 1.807) is 26.8 Å². The van der Waals surface area contributed by atoms with Crippen molar-refractivity contribution in [1.82, 2.24) is 25.3 Å². The molecule has 2 rings (SSSR count). The van der Waals surface area contributed by atoms with Gasteiger partial charge in [-0.05, 0) is 69.1 Å². The van der Waals surface area contributed by atoms with Gasteiger partial charge in [-0.2, -0.15) is 0 Å². The highest BCUT2D eigenvalue weighted by Gasteiger charge is 2.44. The molecule has 15 nitrogen and oxygen atoms in total. The summed E-state index contributed by atoms with van der Waals surface area (Å²) in [6.45, 7) is 28.3. The van der Waals surface area contributed by atoms with E-state index in [4.69, 9.17) is 13.9 Å². The first-order valence-electron chi connectivity index (χ1n) is 24.2. The van der Waals surface area contributed by atoms with Crippen LogP contribution in [0, 0.1) is 23.7 Å². The van der Waals surface area contributed by atoms with Gasteiger partial charge in [-0.25, -0.2) is 9.59 Å². The first-order valence-corrected chi connectivity index (χ1v) is 27.1. The molecule has 0 radical (unpaired) electrons. The van der Waals surface area contributed by atoms with Gasteiger partial charge in [0, 0.05) is 45.0 Å². The van der Waals surface area contributed by atoms with Gasteiger partial charge in [-0.15, -0.1) is 0 Å². The molecule has 1 aromatic rings. The summed E-state index contributed by atoms with van der Waals surface area (Å²) in [6, 6.07) is 4.78. The summed E-state index contributed by atoms with van der Waals surface area (Å²) in [5.74, 6) is -5.51. The van der Waals surface area contributed by atoms with E-state index in [2.05, 4.69) is 44.5 Å². The molecule has 1 aliphatic heterocycles. The molecule has 0 fully saturated rings. The molecule has 0 aliphatic carbocycles. The number of hydrogen-bond acceptors (Lipinski definition) is 10. The quantitative estimate of drug-likeness (QED) is 0.190. The largest absolute Gasteiger partial charge is 0.460 e. The Kier molecular flexibility index (Phi) is 22.5. The van der Waals surface area contributed by atoms with Crippen molar-refractivity contribution in [1.29, 1.82) is 0 Å². The molecule has 0 bridgehead atoms. The lowest BCUT2D eigenvalue weighted by Gasteiger charge is -2.43. The van der Waals surface area contributed by atoms with Crippen LogP contribution in [-0.4, -0.2) is 135 Å². The van der Waals surface area contributed by atoms with Gasteiger partial charge in [0.15, 0.2) is 14.4 Å². The Morgan fingerprint density at radius 1 is 0.776 bits per heavy atom. The summed E-state index contributed by atoms with van der Waals surface area (Å²) in [4.78, 5) is 102. The molecule has 11 atom stereocenters. The van der Waals surface area contributed by atoms with Gasteiger partial charge in [0.05, 0.1) is 12.6 Å². The lowest BCUT2D eigenvalue weighted by molar-refractivity contribution is -0.166. The molecule has 1 heterocycles. The maximum Gasteiger partial charge on any atom is 0.334 e. The standard InChI is InChI=1S/C51H85N5O10Si/c1-19-31(4)42-48(61)55(15)37(10)50(63)64-43(32(5)20-2)35(8)40(66-67(17,18)51(11,12)13)28-27-34(7)49(62)65-44(33(6)21-3)45(58)52-36(9)46(59)56(16)39(29-38-25-23-22-24-26-38)47(60)54(14)30-41(57)53-42/h22-27,31-33,35-37,39-40,42-44H,19-21,28-30H2,1-18H3,(H,52,58)(H,53,57)/b34-27+/t31-,32-,33-,35-,36-,37-,39+,40-,42-,43+,44+/m0/s1. The minimum atomic E-state index is -2.46. The number of cyclic esters (lactones) is 2. The smallest absolute Gasteiger partial charge is 0.334 e. The van der Waals surface area contributed by atoms with Crippen molar-refractivity contribution < 1.29 is 47.5 Å². The molecule has 1 aromatic carbocycles. The van der Waals surface area contributed by atoms with Crippen LogP contribution in [0.25, 0.3) is 0 Å². The number of ether oxygens (including phenoxy) is 2. The van der Waals surface area contributed by atoms with E-state index in [0.29, 0.717) is 19.3 Å². The third kappa shape index (κ3) is 16.0. The fraction of sp³-hybridized carbons (Fsp3) is 0.706. The van der Waals surface area contributed by atoms with Crippen LogP contribution in [0.15, 0.2) is 42.0 Å². The molecule has 0 aromatic heterocycles. The number of hydrogen-bond donors (Lipinski definition) is 2. The van der Waals surface area contributed by atoms with Gasteiger partial charge in [0.1, 0.15) is 30.3 Å². The first-order chi connectivity index (χ1) is 31.0. The molecule has 0 saturated heterocycles.